The van der Waals surface area contributed by atoms with E-state index in [1.165, 1.54) is 10.9 Å². The van der Waals surface area contributed by atoms with Crippen LogP contribution in [-0.2, 0) is 0 Å². The third-order valence-corrected chi connectivity index (χ3v) is 4.10. The van der Waals surface area contributed by atoms with Crippen molar-refractivity contribution in [1.82, 2.24) is 19.7 Å². The summed E-state index contributed by atoms with van der Waals surface area (Å²) >= 11 is 13.1. The number of halogens is 2. The maximum absolute atomic E-state index is 11.4. The lowest BCUT2D eigenvalue weighted by Gasteiger charge is -1.97. The maximum atomic E-state index is 11.4. The van der Waals surface area contributed by atoms with E-state index in [-0.39, 0.29) is 17.2 Å². The molecule has 0 fully saturated rings. The van der Waals surface area contributed by atoms with Crippen molar-refractivity contribution in [2.75, 3.05) is 0 Å². The van der Waals surface area contributed by atoms with E-state index in [0.29, 0.717) is 14.2 Å². The van der Waals surface area contributed by atoms with Gasteiger partial charge in [-0.15, -0.1) is 11.3 Å². The Morgan fingerprint density at radius 3 is 2.57 bits per heavy atom. The van der Waals surface area contributed by atoms with Gasteiger partial charge < -0.3 is 5.11 Å². The van der Waals surface area contributed by atoms with Gasteiger partial charge in [0.15, 0.2) is 0 Å². The lowest BCUT2D eigenvalue weighted by molar-refractivity contribution is 0.0697. The van der Waals surface area contributed by atoms with Crippen molar-refractivity contribution in [2.24, 2.45) is 0 Å². The molecule has 0 aliphatic carbocycles. The predicted octanol–water partition coefficient (Wildman–Crippen LogP) is 3.40. The Bertz CT molecular complexity index is 816. The molecule has 0 saturated heterocycles. The highest BCUT2D eigenvalue weighted by Gasteiger charge is 2.22. The molecule has 3 aromatic heterocycles. The van der Waals surface area contributed by atoms with E-state index in [4.69, 9.17) is 23.2 Å². The molecule has 3 rings (SSSR count). The Hall–Kier alpha value is -1.96. The molecular weight excluding hydrogens is 335 g/mol. The van der Waals surface area contributed by atoms with Crippen LogP contribution in [0.15, 0.2) is 30.7 Å². The minimum Gasteiger partial charge on any atom is -0.478 e. The summed E-state index contributed by atoms with van der Waals surface area (Å²) in [6.45, 7) is 0. The van der Waals surface area contributed by atoms with Gasteiger partial charge in [-0.2, -0.15) is 5.10 Å². The minimum atomic E-state index is -1.12. The maximum Gasteiger partial charge on any atom is 0.339 e. The van der Waals surface area contributed by atoms with Gasteiger partial charge in [-0.05, 0) is 12.1 Å². The highest BCUT2D eigenvalue weighted by molar-refractivity contribution is 7.20. The summed E-state index contributed by atoms with van der Waals surface area (Å²) in [5, 5.41) is 13.5. The number of carboxylic acid groups (broad SMARTS) is 1. The largest absolute Gasteiger partial charge is 0.478 e. The molecule has 0 saturated carbocycles. The molecule has 0 unspecified atom stereocenters. The van der Waals surface area contributed by atoms with Crippen molar-refractivity contribution in [1.29, 1.82) is 0 Å². The molecule has 0 spiro atoms. The number of aromatic nitrogens is 4. The number of carboxylic acids is 1. The quantitative estimate of drug-likeness (QED) is 0.790. The van der Waals surface area contributed by atoms with Crippen molar-refractivity contribution in [3.05, 3.63) is 45.0 Å². The first-order chi connectivity index (χ1) is 10.1. The van der Waals surface area contributed by atoms with Crippen LogP contribution in [0.25, 0.3) is 17.2 Å². The number of hydrogen-bond donors (Lipinski definition) is 1. The van der Waals surface area contributed by atoms with Crippen LogP contribution in [0, 0.1) is 0 Å². The Morgan fingerprint density at radius 1 is 1.29 bits per heavy atom. The minimum absolute atomic E-state index is 0.00109. The number of thiophene rings is 1. The molecule has 9 heteroatoms. The summed E-state index contributed by atoms with van der Waals surface area (Å²) in [6.07, 6.45) is 4.42. The van der Waals surface area contributed by atoms with E-state index in [0.717, 1.165) is 11.3 Å². The first kappa shape index (κ1) is 14.0. The molecule has 21 heavy (non-hydrogen) atoms. The number of hydrogen-bond acceptors (Lipinski definition) is 5. The highest BCUT2D eigenvalue weighted by Crippen LogP contribution is 2.38. The van der Waals surface area contributed by atoms with Crippen molar-refractivity contribution >= 4 is 40.5 Å². The van der Waals surface area contributed by atoms with Crippen molar-refractivity contribution < 1.29 is 9.90 Å². The van der Waals surface area contributed by atoms with Gasteiger partial charge >= 0.3 is 5.97 Å². The molecule has 1 N–H and O–H groups in total. The molecule has 0 aliphatic rings. The second-order valence-electron chi connectivity index (χ2n) is 3.93. The van der Waals surface area contributed by atoms with Gasteiger partial charge in [0.25, 0.3) is 0 Å². The first-order valence-electron chi connectivity index (χ1n) is 5.62. The molecule has 0 amide bonds. The van der Waals surface area contributed by atoms with Crippen LogP contribution in [0.1, 0.15) is 10.4 Å². The van der Waals surface area contributed by atoms with E-state index in [2.05, 4.69) is 15.1 Å². The second kappa shape index (κ2) is 5.44. The Balaban J connectivity index is 2.18. The zero-order valence-electron chi connectivity index (χ0n) is 10.2. The molecule has 3 heterocycles. The third-order valence-electron chi connectivity index (χ3n) is 2.61. The van der Waals surface area contributed by atoms with Crippen LogP contribution in [0.3, 0.4) is 0 Å². The molecule has 106 valence electrons. The standard InChI is InChI=1S/C12H6Cl2N4O2S/c13-8-4-6(10(14)21-8)9-7(11(19)20)5-18(17-9)12-15-2-1-3-16-12/h1-5H,(H,19,20). The molecule has 0 aromatic carbocycles. The SMILES string of the molecule is O=C(O)c1cn(-c2ncccn2)nc1-c1cc(Cl)sc1Cl. The summed E-state index contributed by atoms with van der Waals surface area (Å²) in [4.78, 5) is 19.4. The first-order valence-corrected chi connectivity index (χ1v) is 7.19. The average molecular weight is 341 g/mol. The number of nitrogens with zero attached hydrogens (tertiary/aromatic N) is 4. The van der Waals surface area contributed by atoms with Gasteiger partial charge in [-0.1, -0.05) is 23.2 Å². The fourth-order valence-corrected chi connectivity index (χ4v) is 3.21. The molecule has 6 nitrogen and oxygen atoms in total. The molecule has 0 atom stereocenters. The topological polar surface area (TPSA) is 80.9 Å². The van der Waals surface area contributed by atoms with Crippen LogP contribution in [0.5, 0.6) is 0 Å². The fraction of sp³-hybridized carbons (Fsp3) is 0. The van der Waals surface area contributed by atoms with Gasteiger partial charge in [-0.3, -0.25) is 0 Å². The number of aromatic carboxylic acids is 1. The fourth-order valence-electron chi connectivity index (χ4n) is 1.74. The zero-order chi connectivity index (χ0) is 15.0. The number of rotatable bonds is 3. The van der Waals surface area contributed by atoms with Gasteiger partial charge in [-0.25, -0.2) is 19.4 Å². The predicted molar refractivity (Wildman–Crippen MR) is 79.4 cm³/mol. The van der Waals surface area contributed by atoms with E-state index >= 15 is 0 Å². The Kier molecular flexibility index (Phi) is 3.62. The lowest BCUT2D eigenvalue weighted by atomic mass is 10.1. The summed E-state index contributed by atoms with van der Waals surface area (Å²) in [5.41, 5.74) is 0.695. The van der Waals surface area contributed by atoms with Crippen molar-refractivity contribution in [2.45, 2.75) is 0 Å². The zero-order valence-corrected chi connectivity index (χ0v) is 12.5. The number of carbonyl (C=O) groups is 1. The molecule has 0 aliphatic heterocycles. The summed E-state index contributed by atoms with van der Waals surface area (Å²) in [6, 6.07) is 3.24. The van der Waals surface area contributed by atoms with Crippen LogP contribution in [-0.4, -0.2) is 30.8 Å². The van der Waals surface area contributed by atoms with Crippen LogP contribution in [0.2, 0.25) is 8.67 Å². The molecular formula is C12H6Cl2N4O2S. The Labute approximate surface area is 132 Å². The van der Waals surface area contributed by atoms with Crippen LogP contribution in [0.4, 0.5) is 0 Å². The summed E-state index contributed by atoms with van der Waals surface area (Å²) in [7, 11) is 0. The Morgan fingerprint density at radius 2 is 2.00 bits per heavy atom. The molecule has 3 aromatic rings. The normalized spacial score (nSPS) is 10.8. The van der Waals surface area contributed by atoms with E-state index < -0.39 is 5.97 Å². The van der Waals surface area contributed by atoms with E-state index in [9.17, 15) is 9.90 Å². The van der Waals surface area contributed by atoms with E-state index in [1.54, 1.807) is 24.5 Å². The van der Waals surface area contributed by atoms with E-state index in [1.807, 2.05) is 0 Å². The van der Waals surface area contributed by atoms with Crippen LogP contribution >= 0.6 is 34.5 Å². The van der Waals surface area contributed by atoms with Gasteiger partial charge in [0.05, 0.1) is 4.34 Å². The molecule has 0 radical (unpaired) electrons. The van der Waals surface area contributed by atoms with Crippen molar-refractivity contribution in [3.8, 4) is 17.2 Å². The van der Waals surface area contributed by atoms with Crippen LogP contribution < -0.4 is 0 Å². The smallest absolute Gasteiger partial charge is 0.339 e. The van der Waals surface area contributed by atoms with Crippen molar-refractivity contribution in [3.63, 3.8) is 0 Å². The highest BCUT2D eigenvalue weighted by atomic mass is 35.5. The molecule has 0 bridgehead atoms. The van der Waals surface area contributed by atoms with Gasteiger partial charge in [0.1, 0.15) is 15.6 Å². The average Bonchev–Trinajstić information content (AvgIpc) is 3.03. The lowest BCUT2D eigenvalue weighted by Crippen LogP contribution is -2.00. The summed E-state index contributed by atoms with van der Waals surface area (Å²) in [5.74, 6) is -0.853. The van der Waals surface area contributed by atoms with Gasteiger partial charge in [0, 0.05) is 24.2 Å². The van der Waals surface area contributed by atoms with Gasteiger partial charge in [0.2, 0.25) is 5.95 Å². The third kappa shape index (κ3) is 2.63. The monoisotopic (exact) mass is 340 g/mol. The second-order valence-corrected chi connectivity index (χ2v) is 6.21. The summed E-state index contributed by atoms with van der Waals surface area (Å²) < 4.78 is 2.12.